The van der Waals surface area contributed by atoms with Crippen LogP contribution in [0.1, 0.15) is 16.9 Å². The summed E-state index contributed by atoms with van der Waals surface area (Å²) in [6, 6.07) is 1.94. The molecule has 0 aliphatic carbocycles. The Kier molecular flexibility index (Phi) is 4.02. The number of carbonyl (C=O) groups excluding carboxylic acids is 1. The van der Waals surface area contributed by atoms with Crippen LogP contribution >= 0.6 is 11.3 Å². The molecule has 0 aromatic carbocycles. The summed E-state index contributed by atoms with van der Waals surface area (Å²) in [6.45, 7) is 1.74. The Labute approximate surface area is 104 Å². The molecule has 1 aromatic heterocycles. The Morgan fingerprint density at radius 2 is 2.47 bits per heavy atom. The zero-order valence-corrected chi connectivity index (χ0v) is 10.1. The first-order valence-electron chi connectivity index (χ1n) is 5.39. The largest absolute Gasteiger partial charge is 0.448 e. The number of aliphatic hydroxyl groups is 1. The summed E-state index contributed by atoms with van der Waals surface area (Å²) in [5, 5.41) is 10.6. The van der Waals surface area contributed by atoms with Gasteiger partial charge in [0.25, 0.3) is 0 Å². The molecule has 1 amide bonds. The summed E-state index contributed by atoms with van der Waals surface area (Å²) >= 11 is 1.58. The van der Waals surface area contributed by atoms with Crippen molar-refractivity contribution in [2.45, 2.75) is 13.0 Å². The smallest absolute Gasteiger partial charge is 0.410 e. The summed E-state index contributed by atoms with van der Waals surface area (Å²) in [5.41, 5.74) is 0.933. The van der Waals surface area contributed by atoms with Gasteiger partial charge in [0, 0.05) is 16.9 Å². The van der Waals surface area contributed by atoms with E-state index < -0.39 is 0 Å². The third kappa shape index (κ3) is 2.99. The molecule has 1 aliphatic rings. The Morgan fingerprint density at radius 1 is 1.59 bits per heavy atom. The summed E-state index contributed by atoms with van der Waals surface area (Å²) in [4.78, 5) is 14.0. The second-order valence-electron chi connectivity index (χ2n) is 3.57. The quantitative estimate of drug-likeness (QED) is 0.827. The highest BCUT2D eigenvalue weighted by Gasteiger charge is 2.22. The van der Waals surface area contributed by atoms with Crippen LogP contribution in [0.15, 0.2) is 11.4 Å². The van der Waals surface area contributed by atoms with E-state index in [-0.39, 0.29) is 12.7 Å². The van der Waals surface area contributed by atoms with Crippen molar-refractivity contribution in [1.82, 2.24) is 4.90 Å². The molecule has 0 atom stereocenters. The lowest BCUT2D eigenvalue weighted by Gasteiger charge is -2.10. The maximum atomic E-state index is 11.3. The molecule has 1 saturated heterocycles. The van der Waals surface area contributed by atoms with Gasteiger partial charge >= 0.3 is 6.09 Å². The molecule has 0 spiro atoms. The molecule has 5 heteroatoms. The zero-order valence-electron chi connectivity index (χ0n) is 9.31. The molecule has 1 N–H and O–H groups in total. The molecule has 90 valence electrons. The molecule has 2 heterocycles. The van der Waals surface area contributed by atoms with Gasteiger partial charge in [-0.15, -0.1) is 11.3 Å². The number of hydrogen-bond acceptors (Lipinski definition) is 4. The second-order valence-corrected chi connectivity index (χ2v) is 4.57. The number of ether oxygens (including phenoxy) is 1. The Balaban J connectivity index is 2.04. The monoisotopic (exact) mass is 251 g/mol. The zero-order chi connectivity index (χ0) is 12.1. The van der Waals surface area contributed by atoms with Crippen molar-refractivity contribution in [2.75, 3.05) is 19.8 Å². The highest BCUT2D eigenvalue weighted by atomic mass is 32.1. The number of hydrogen-bond donors (Lipinski definition) is 1. The molecule has 0 saturated carbocycles. The number of rotatable bonds is 3. The molecular weight excluding hydrogens is 238 g/mol. The van der Waals surface area contributed by atoms with Crippen molar-refractivity contribution >= 4 is 17.4 Å². The van der Waals surface area contributed by atoms with Crippen LogP contribution in [0, 0.1) is 11.8 Å². The fourth-order valence-electron chi connectivity index (χ4n) is 1.53. The van der Waals surface area contributed by atoms with Crippen molar-refractivity contribution in [3.05, 3.63) is 21.9 Å². The van der Waals surface area contributed by atoms with Gasteiger partial charge in [-0.05, 0) is 11.4 Å². The van der Waals surface area contributed by atoms with Crippen LogP contribution in [-0.2, 0) is 11.3 Å². The van der Waals surface area contributed by atoms with Crippen LogP contribution in [-0.4, -0.2) is 35.9 Å². The summed E-state index contributed by atoms with van der Waals surface area (Å²) < 4.78 is 4.88. The molecule has 0 radical (unpaired) electrons. The molecule has 2 rings (SSSR count). The van der Waals surface area contributed by atoms with Gasteiger partial charge in [-0.25, -0.2) is 4.79 Å². The molecule has 17 heavy (non-hydrogen) atoms. The highest BCUT2D eigenvalue weighted by Crippen LogP contribution is 2.19. The minimum Gasteiger partial charge on any atom is -0.448 e. The molecular formula is C12H13NO3S. The van der Waals surface area contributed by atoms with Gasteiger partial charge in [-0.2, -0.15) is 0 Å². The van der Waals surface area contributed by atoms with Crippen LogP contribution in [0.2, 0.25) is 0 Å². The number of nitrogens with zero attached hydrogens (tertiary/aromatic N) is 1. The maximum absolute atomic E-state index is 11.3. The molecule has 1 aromatic rings. The maximum Gasteiger partial charge on any atom is 0.410 e. The van der Waals surface area contributed by atoms with Crippen molar-refractivity contribution < 1.29 is 14.6 Å². The minimum atomic E-state index is -0.257. The van der Waals surface area contributed by atoms with Gasteiger partial charge in [0.05, 0.1) is 19.7 Å². The number of cyclic esters (lactones) is 1. The topological polar surface area (TPSA) is 49.8 Å². The summed E-state index contributed by atoms with van der Waals surface area (Å²) in [5.74, 6) is 5.89. The average molecular weight is 251 g/mol. The lowest BCUT2D eigenvalue weighted by Crippen LogP contribution is -2.23. The first-order valence-corrected chi connectivity index (χ1v) is 6.27. The van der Waals surface area contributed by atoms with E-state index >= 15 is 0 Å². The SMILES string of the molecule is O=C1OCCN1Cc1sccc1C#CCCO. The van der Waals surface area contributed by atoms with E-state index in [2.05, 4.69) is 11.8 Å². The van der Waals surface area contributed by atoms with E-state index in [1.165, 1.54) is 0 Å². The third-order valence-electron chi connectivity index (χ3n) is 2.38. The fraction of sp³-hybridized carbons (Fsp3) is 0.417. The average Bonchev–Trinajstić information content (AvgIpc) is 2.91. The molecule has 4 nitrogen and oxygen atoms in total. The minimum absolute atomic E-state index is 0.0743. The van der Waals surface area contributed by atoms with Crippen molar-refractivity contribution in [1.29, 1.82) is 0 Å². The van der Waals surface area contributed by atoms with E-state index in [0.29, 0.717) is 26.1 Å². The first-order chi connectivity index (χ1) is 8.31. The van der Waals surface area contributed by atoms with Crippen LogP contribution in [0.4, 0.5) is 4.79 Å². The van der Waals surface area contributed by atoms with E-state index in [1.807, 2.05) is 11.4 Å². The van der Waals surface area contributed by atoms with Crippen LogP contribution in [0.5, 0.6) is 0 Å². The van der Waals surface area contributed by atoms with Gasteiger partial charge < -0.3 is 9.84 Å². The third-order valence-corrected chi connectivity index (χ3v) is 3.29. The van der Waals surface area contributed by atoms with Crippen LogP contribution in [0.25, 0.3) is 0 Å². The highest BCUT2D eigenvalue weighted by molar-refractivity contribution is 7.10. The lowest BCUT2D eigenvalue weighted by atomic mass is 10.2. The van der Waals surface area contributed by atoms with E-state index in [4.69, 9.17) is 9.84 Å². The van der Waals surface area contributed by atoms with Gasteiger partial charge in [0.2, 0.25) is 0 Å². The van der Waals surface area contributed by atoms with Gasteiger partial charge in [-0.3, -0.25) is 4.90 Å². The second kappa shape index (κ2) is 5.71. The number of thiophene rings is 1. The summed E-state index contributed by atoms with van der Waals surface area (Å²) in [6.07, 6.45) is 0.216. The lowest BCUT2D eigenvalue weighted by molar-refractivity contribution is 0.157. The van der Waals surface area contributed by atoms with E-state index in [9.17, 15) is 4.79 Å². The van der Waals surface area contributed by atoms with E-state index in [1.54, 1.807) is 16.2 Å². The molecule has 1 fully saturated rings. The number of aliphatic hydroxyl groups excluding tert-OH is 1. The summed E-state index contributed by atoms with van der Waals surface area (Å²) in [7, 11) is 0. The predicted molar refractivity (Wildman–Crippen MR) is 64.7 cm³/mol. The predicted octanol–water partition coefficient (Wildman–Crippen LogP) is 1.43. The number of amides is 1. The molecule has 0 unspecified atom stereocenters. The van der Waals surface area contributed by atoms with Crippen LogP contribution in [0.3, 0.4) is 0 Å². The number of carbonyl (C=O) groups is 1. The normalized spacial score (nSPS) is 14.4. The van der Waals surface area contributed by atoms with E-state index in [0.717, 1.165) is 10.4 Å². The van der Waals surface area contributed by atoms with Crippen molar-refractivity contribution in [2.24, 2.45) is 0 Å². The van der Waals surface area contributed by atoms with Gasteiger partial charge in [0.15, 0.2) is 0 Å². The molecule has 0 bridgehead atoms. The van der Waals surface area contributed by atoms with Crippen LogP contribution < -0.4 is 0 Å². The standard InChI is InChI=1S/C12H13NO3S/c14-6-2-1-3-10-4-8-17-11(10)9-13-5-7-16-12(13)15/h4,8,14H,2,5-7,9H2. The Bertz CT molecular complexity index is 458. The van der Waals surface area contributed by atoms with Crippen molar-refractivity contribution in [3.8, 4) is 11.8 Å². The Morgan fingerprint density at radius 3 is 3.18 bits per heavy atom. The van der Waals surface area contributed by atoms with Crippen molar-refractivity contribution in [3.63, 3.8) is 0 Å². The first kappa shape index (κ1) is 12.0. The van der Waals surface area contributed by atoms with Gasteiger partial charge in [-0.1, -0.05) is 11.8 Å². The van der Waals surface area contributed by atoms with Gasteiger partial charge in [0.1, 0.15) is 6.61 Å². The Hall–Kier alpha value is -1.51. The fourth-order valence-corrected chi connectivity index (χ4v) is 2.38. The molecule has 1 aliphatic heterocycles.